The van der Waals surface area contributed by atoms with Crippen LogP contribution in [0.1, 0.15) is 50.3 Å². The maximum Gasteiger partial charge on any atom is 0.243 e. The maximum atomic E-state index is 13.3. The minimum absolute atomic E-state index is 0.0552. The predicted octanol–water partition coefficient (Wildman–Crippen LogP) is 4.91. The van der Waals surface area contributed by atoms with Crippen LogP contribution >= 0.6 is 11.6 Å². The number of aryl methyl sites for hydroxylation is 1. The van der Waals surface area contributed by atoms with Gasteiger partial charge < -0.3 is 10.2 Å². The van der Waals surface area contributed by atoms with Crippen LogP contribution in [0.15, 0.2) is 48.5 Å². The lowest BCUT2D eigenvalue weighted by Crippen LogP contribution is -2.51. The zero-order chi connectivity index (χ0) is 21.4. The Morgan fingerprint density at radius 2 is 1.69 bits per heavy atom. The van der Waals surface area contributed by atoms with E-state index in [4.69, 9.17) is 11.6 Å². The summed E-state index contributed by atoms with van der Waals surface area (Å²) in [5, 5.41) is 3.68. The standard InChI is InChI=1S/C24H31ClN2O2/c1-5-18(4)26-24(29)22(6-2)27(16-19-11-13-21(25)14-12-19)23(28)15-20-10-8-7-9-17(20)3/h7-14,18,22H,5-6,15-16H2,1-4H3,(H,26,29)/t18-,22-/m0/s1. The molecule has 0 aliphatic heterocycles. The average molecular weight is 415 g/mol. The summed E-state index contributed by atoms with van der Waals surface area (Å²) in [6, 6.07) is 14.8. The van der Waals surface area contributed by atoms with Crippen molar-refractivity contribution in [3.05, 3.63) is 70.2 Å². The third kappa shape index (κ3) is 6.60. The molecule has 0 spiro atoms. The van der Waals surface area contributed by atoms with Gasteiger partial charge in [-0.2, -0.15) is 0 Å². The first kappa shape index (κ1) is 23.0. The number of halogens is 1. The molecule has 156 valence electrons. The van der Waals surface area contributed by atoms with Crippen LogP contribution in [0.4, 0.5) is 0 Å². The zero-order valence-corrected chi connectivity index (χ0v) is 18.5. The molecule has 0 aromatic heterocycles. The number of carbonyl (C=O) groups is 2. The van der Waals surface area contributed by atoms with Crippen molar-refractivity contribution in [2.24, 2.45) is 0 Å². The van der Waals surface area contributed by atoms with Gasteiger partial charge in [0.25, 0.3) is 0 Å². The molecule has 2 aromatic carbocycles. The van der Waals surface area contributed by atoms with E-state index in [2.05, 4.69) is 5.32 Å². The van der Waals surface area contributed by atoms with Crippen LogP contribution in [0.25, 0.3) is 0 Å². The fraction of sp³-hybridized carbons (Fsp3) is 0.417. The second kappa shape index (κ2) is 11.0. The number of carbonyl (C=O) groups excluding carboxylic acids is 2. The van der Waals surface area contributed by atoms with E-state index >= 15 is 0 Å². The van der Waals surface area contributed by atoms with Gasteiger partial charge >= 0.3 is 0 Å². The highest BCUT2D eigenvalue weighted by Gasteiger charge is 2.29. The van der Waals surface area contributed by atoms with E-state index in [-0.39, 0.29) is 24.3 Å². The molecule has 2 aromatic rings. The van der Waals surface area contributed by atoms with E-state index < -0.39 is 6.04 Å². The van der Waals surface area contributed by atoms with E-state index in [9.17, 15) is 9.59 Å². The van der Waals surface area contributed by atoms with Crippen LogP contribution in [0.2, 0.25) is 5.02 Å². The number of amides is 2. The van der Waals surface area contributed by atoms with Crippen LogP contribution in [0.3, 0.4) is 0 Å². The van der Waals surface area contributed by atoms with Crippen LogP contribution in [0.5, 0.6) is 0 Å². The van der Waals surface area contributed by atoms with E-state index in [1.807, 2.05) is 64.1 Å². The summed E-state index contributed by atoms with van der Waals surface area (Å²) in [6.45, 7) is 8.31. The molecule has 0 aliphatic carbocycles. The molecule has 0 saturated carbocycles. The molecule has 0 fully saturated rings. The number of benzene rings is 2. The average Bonchev–Trinajstić information content (AvgIpc) is 2.70. The van der Waals surface area contributed by atoms with E-state index in [1.54, 1.807) is 17.0 Å². The van der Waals surface area contributed by atoms with Gasteiger partial charge in [-0.1, -0.05) is 61.8 Å². The summed E-state index contributed by atoms with van der Waals surface area (Å²) in [4.78, 5) is 27.9. The van der Waals surface area contributed by atoms with Gasteiger partial charge in [0.05, 0.1) is 6.42 Å². The third-order valence-electron chi connectivity index (χ3n) is 5.26. The number of rotatable bonds is 9. The molecule has 0 heterocycles. The molecule has 2 rings (SSSR count). The number of hydrogen-bond acceptors (Lipinski definition) is 2. The SMILES string of the molecule is CC[C@H](C)NC(=O)[C@H](CC)N(Cc1ccc(Cl)cc1)C(=O)Cc1ccccc1C. The van der Waals surface area contributed by atoms with Gasteiger partial charge in [0.1, 0.15) is 6.04 Å². The van der Waals surface area contributed by atoms with Crippen LogP contribution in [-0.4, -0.2) is 28.8 Å². The first-order valence-electron chi connectivity index (χ1n) is 10.2. The lowest BCUT2D eigenvalue weighted by molar-refractivity contribution is -0.141. The van der Waals surface area contributed by atoms with Crippen molar-refractivity contribution in [2.45, 2.75) is 65.6 Å². The van der Waals surface area contributed by atoms with Gasteiger partial charge in [0.2, 0.25) is 11.8 Å². The van der Waals surface area contributed by atoms with Crippen molar-refractivity contribution < 1.29 is 9.59 Å². The van der Waals surface area contributed by atoms with Crippen LogP contribution < -0.4 is 5.32 Å². The highest BCUT2D eigenvalue weighted by molar-refractivity contribution is 6.30. The summed E-state index contributed by atoms with van der Waals surface area (Å²) in [7, 11) is 0. The summed E-state index contributed by atoms with van der Waals surface area (Å²) in [5.41, 5.74) is 3.00. The fourth-order valence-corrected chi connectivity index (χ4v) is 3.35. The first-order valence-corrected chi connectivity index (χ1v) is 10.6. The molecule has 0 bridgehead atoms. The molecule has 0 aliphatic rings. The molecule has 0 saturated heterocycles. The topological polar surface area (TPSA) is 49.4 Å². The lowest BCUT2D eigenvalue weighted by Gasteiger charge is -2.31. The monoisotopic (exact) mass is 414 g/mol. The summed E-state index contributed by atoms with van der Waals surface area (Å²) < 4.78 is 0. The van der Waals surface area contributed by atoms with E-state index in [1.165, 1.54) is 0 Å². The minimum Gasteiger partial charge on any atom is -0.352 e. The largest absolute Gasteiger partial charge is 0.352 e. The second-order valence-electron chi connectivity index (χ2n) is 7.49. The molecular weight excluding hydrogens is 384 g/mol. The Balaban J connectivity index is 2.29. The molecule has 2 amide bonds. The minimum atomic E-state index is -0.517. The summed E-state index contributed by atoms with van der Waals surface area (Å²) in [6.07, 6.45) is 1.67. The zero-order valence-electron chi connectivity index (χ0n) is 17.7. The van der Waals surface area contributed by atoms with Crippen molar-refractivity contribution >= 4 is 23.4 Å². The molecule has 1 N–H and O–H groups in total. The normalized spacial score (nSPS) is 12.9. The van der Waals surface area contributed by atoms with Crippen molar-refractivity contribution in [1.82, 2.24) is 10.2 Å². The van der Waals surface area contributed by atoms with Crippen molar-refractivity contribution in [3.8, 4) is 0 Å². The number of hydrogen-bond donors (Lipinski definition) is 1. The van der Waals surface area contributed by atoms with Gasteiger partial charge in [-0.25, -0.2) is 0 Å². The predicted molar refractivity (Wildman–Crippen MR) is 119 cm³/mol. The molecule has 0 unspecified atom stereocenters. The van der Waals surface area contributed by atoms with Crippen LogP contribution in [0, 0.1) is 6.92 Å². The highest BCUT2D eigenvalue weighted by Crippen LogP contribution is 2.18. The molecule has 4 nitrogen and oxygen atoms in total. The Morgan fingerprint density at radius 3 is 2.28 bits per heavy atom. The summed E-state index contributed by atoms with van der Waals surface area (Å²) in [5.74, 6) is -0.158. The smallest absolute Gasteiger partial charge is 0.243 e. The summed E-state index contributed by atoms with van der Waals surface area (Å²) >= 11 is 6.00. The van der Waals surface area contributed by atoms with Crippen molar-refractivity contribution in [2.75, 3.05) is 0 Å². The Bertz CT molecular complexity index is 820. The third-order valence-corrected chi connectivity index (χ3v) is 5.51. The van der Waals surface area contributed by atoms with Gasteiger partial charge in [-0.05, 0) is 55.5 Å². The number of nitrogens with one attached hydrogen (secondary N) is 1. The molecule has 0 radical (unpaired) electrons. The van der Waals surface area contributed by atoms with Gasteiger partial charge in [-0.3, -0.25) is 9.59 Å². The van der Waals surface area contributed by atoms with Crippen LogP contribution in [-0.2, 0) is 22.6 Å². The van der Waals surface area contributed by atoms with Crippen molar-refractivity contribution in [3.63, 3.8) is 0 Å². The second-order valence-corrected chi connectivity index (χ2v) is 7.93. The van der Waals surface area contributed by atoms with Gasteiger partial charge in [0.15, 0.2) is 0 Å². The maximum absolute atomic E-state index is 13.3. The van der Waals surface area contributed by atoms with Crippen molar-refractivity contribution in [1.29, 1.82) is 0 Å². The Hall–Kier alpha value is -2.33. The Labute approximate surface area is 179 Å². The lowest BCUT2D eigenvalue weighted by atomic mass is 10.0. The highest BCUT2D eigenvalue weighted by atomic mass is 35.5. The first-order chi connectivity index (χ1) is 13.8. The Morgan fingerprint density at radius 1 is 1.03 bits per heavy atom. The van der Waals surface area contributed by atoms with Gasteiger partial charge in [-0.15, -0.1) is 0 Å². The molecule has 5 heteroatoms. The fourth-order valence-electron chi connectivity index (χ4n) is 3.22. The number of nitrogens with zero attached hydrogens (tertiary/aromatic N) is 1. The quantitative estimate of drug-likeness (QED) is 0.633. The van der Waals surface area contributed by atoms with Gasteiger partial charge in [0, 0.05) is 17.6 Å². The van der Waals surface area contributed by atoms with E-state index in [0.717, 1.165) is 23.1 Å². The Kier molecular flexibility index (Phi) is 8.71. The molecule has 29 heavy (non-hydrogen) atoms. The molecule has 2 atom stereocenters. The van der Waals surface area contributed by atoms with E-state index in [0.29, 0.717) is 18.0 Å². The molecular formula is C24H31ClN2O2.